The molecular formula is C6H11O2. The minimum atomic E-state index is 0.653. The van der Waals surface area contributed by atoms with E-state index in [0.717, 1.165) is 13.0 Å². The van der Waals surface area contributed by atoms with Gasteiger partial charge < -0.3 is 0 Å². The number of hydrogen-bond acceptors (Lipinski definition) is 2. The Labute approximate surface area is 49.7 Å². The molecule has 1 heterocycles. The molecule has 0 aliphatic carbocycles. The molecule has 2 heteroatoms. The molecule has 1 rings (SSSR count). The van der Waals surface area contributed by atoms with E-state index in [2.05, 4.69) is 6.42 Å². The Hall–Kier alpha value is -0.0800. The van der Waals surface area contributed by atoms with E-state index in [1.807, 2.05) is 0 Å². The van der Waals surface area contributed by atoms with Crippen LogP contribution in [0.1, 0.15) is 19.3 Å². The molecule has 0 spiro atoms. The van der Waals surface area contributed by atoms with Crippen LogP contribution in [0.3, 0.4) is 0 Å². The van der Waals surface area contributed by atoms with Gasteiger partial charge in [0.05, 0.1) is 13.2 Å². The molecule has 1 radical (unpaired) electrons. The Morgan fingerprint density at radius 3 is 3.12 bits per heavy atom. The van der Waals surface area contributed by atoms with E-state index < -0.39 is 0 Å². The van der Waals surface area contributed by atoms with Gasteiger partial charge in [-0.05, 0) is 19.3 Å². The fraction of sp³-hybridized carbons (Fsp3) is 0.833. The summed E-state index contributed by atoms with van der Waals surface area (Å²) in [6.45, 7) is 1.41. The molecule has 1 aliphatic rings. The second-order valence-corrected chi connectivity index (χ2v) is 1.89. The summed E-state index contributed by atoms with van der Waals surface area (Å²) in [5, 5.41) is 0. The summed E-state index contributed by atoms with van der Waals surface area (Å²) in [6, 6.07) is 0. The first kappa shape index (κ1) is 6.05. The van der Waals surface area contributed by atoms with Crippen molar-refractivity contribution in [3.8, 4) is 0 Å². The molecule has 0 atom stereocenters. The Morgan fingerprint density at radius 1 is 1.12 bits per heavy atom. The topological polar surface area (TPSA) is 18.5 Å². The Bertz CT molecular complexity index is 30.5. The van der Waals surface area contributed by atoms with Gasteiger partial charge in [-0.1, -0.05) is 6.42 Å². The summed E-state index contributed by atoms with van der Waals surface area (Å²) in [4.78, 5) is 9.46. The predicted octanol–water partition coefficient (Wildman–Crippen LogP) is 1.32. The minimum Gasteiger partial charge on any atom is -0.237 e. The van der Waals surface area contributed by atoms with Crippen LogP contribution in [0.4, 0.5) is 0 Å². The predicted molar refractivity (Wildman–Crippen MR) is 30.1 cm³/mol. The molecule has 0 aromatic carbocycles. The summed E-state index contributed by atoms with van der Waals surface area (Å²) in [6.07, 6.45) is 5.63. The van der Waals surface area contributed by atoms with E-state index >= 15 is 0 Å². The van der Waals surface area contributed by atoms with E-state index in [-0.39, 0.29) is 0 Å². The smallest absolute Gasteiger partial charge is 0.0854 e. The van der Waals surface area contributed by atoms with Gasteiger partial charge in [-0.15, -0.1) is 0 Å². The van der Waals surface area contributed by atoms with Gasteiger partial charge >= 0.3 is 0 Å². The fourth-order valence-electron chi connectivity index (χ4n) is 0.688. The van der Waals surface area contributed by atoms with Crippen LogP contribution >= 0.6 is 0 Å². The number of rotatable bonds is 0. The molecule has 0 unspecified atom stereocenters. The largest absolute Gasteiger partial charge is 0.237 e. The van der Waals surface area contributed by atoms with Gasteiger partial charge in [0.25, 0.3) is 0 Å². The molecule has 0 aromatic rings. The zero-order valence-corrected chi connectivity index (χ0v) is 4.93. The monoisotopic (exact) mass is 115 g/mol. The fourth-order valence-corrected chi connectivity index (χ4v) is 0.688. The van der Waals surface area contributed by atoms with Crippen molar-refractivity contribution < 1.29 is 9.78 Å². The Balaban J connectivity index is 2.00. The molecule has 1 aliphatic heterocycles. The maximum Gasteiger partial charge on any atom is 0.0854 e. The van der Waals surface area contributed by atoms with Crippen molar-refractivity contribution in [2.75, 3.05) is 13.2 Å². The van der Waals surface area contributed by atoms with Crippen LogP contribution in [0, 0.1) is 6.42 Å². The summed E-state index contributed by atoms with van der Waals surface area (Å²) >= 11 is 0. The van der Waals surface area contributed by atoms with Crippen LogP contribution in [-0.2, 0) is 9.78 Å². The van der Waals surface area contributed by atoms with Crippen LogP contribution in [0.2, 0.25) is 0 Å². The maximum absolute atomic E-state index is 4.74. The summed E-state index contributed by atoms with van der Waals surface area (Å²) in [5.41, 5.74) is 0. The van der Waals surface area contributed by atoms with E-state index in [1.54, 1.807) is 0 Å². The van der Waals surface area contributed by atoms with E-state index in [9.17, 15) is 0 Å². The minimum absolute atomic E-state index is 0.653. The molecule has 1 fully saturated rings. The van der Waals surface area contributed by atoms with Crippen molar-refractivity contribution in [3.63, 3.8) is 0 Å². The lowest BCUT2D eigenvalue weighted by atomic mass is 10.2. The Morgan fingerprint density at radius 2 is 2.12 bits per heavy atom. The molecule has 2 nitrogen and oxygen atoms in total. The van der Waals surface area contributed by atoms with E-state index in [1.165, 1.54) is 12.8 Å². The van der Waals surface area contributed by atoms with Gasteiger partial charge in [0.15, 0.2) is 0 Å². The average molecular weight is 115 g/mol. The van der Waals surface area contributed by atoms with Gasteiger partial charge in [-0.2, -0.15) is 0 Å². The van der Waals surface area contributed by atoms with Crippen molar-refractivity contribution in [1.29, 1.82) is 0 Å². The van der Waals surface area contributed by atoms with Crippen LogP contribution in [0.25, 0.3) is 0 Å². The molecule has 0 bridgehead atoms. The van der Waals surface area contributed by atoms with Gasteiger partial charge in [0.2, 0.25) is 0 Å². The van der Waals surface area contributed by atoms with Crippen molar-refractivity contribution >= 4 is 0 Å². The highest BCUT2D eigenvalue weighted by molar-refractivity contribution is 4.62. The van der Waals surface area contributed by atoms with Crippen molar-refractivity contribution in [1.82, 2.24) is 0 Å². The second-order valence-electron chi connectivity index (χ2n) is 1.89. The molecule has 0 amide bonds. The normalized spacial score (nSPS) is 24.0. The third kappa shape index (κ3) is 2.28. The highest BCUT2D eigenvalue weighted by Gasteiger charge is 1.96. The van der Waals surface area contributed by atoms with Gasteiger partial charge in [0, 0.05) is 0 Å². The lowest BCUT2D eigenvalue weighted by Crippen LogP contribution is -2.03. The van der Waals surface area contributed by atoms with Gasteiger partial charge in [-0.25, -0.2) is 9.78 Å². The van der Waals surface area contributed by atoms with Crippen molar-refractivity contribution in [3.05, 3.63) is 6.42 Å². The third-order valence-electron chi connectivity index (χ3n) is 1.16. The highest BCUT2D eigenvalue weighted by atomic mass is 17.2. The SMILES string of the molecule is [CH]1CCCCOOC1. The lowest BCUT2D eigenvalue weighted by molar-refractivity contribution is -0.291. The van der Waals surface area contributed by atoms with Crippen LogP contribution in [0.5, 0.6) is 0 Å². The molecule has 0 aromatic heterocycles. The van der Waals surface area contributed by atoms with Crippen LogP contribution < -0.4 is 0 Å². The molecule has 1 saturated heterocycles. The highest BCUT2D eigenvalue weighted by Crippen LogP contribution is 2.03. The summed E-state index contributed by atoms with van der Waals surface area (Å²) in [7, 11) is 0. The molecule has 8 heavy (non-hydrogen) atoms. The van der Waals surface area contributed by atoms with Crippen LogP contribution in [-0.4, -0.2) is 13.2 Å². The van der Waals surface area contributed by atoms with Crippen LogP contribution in [0.15, 0.2) is 0 Å². The first-order valence-electron chi connectivity index (χ1n) is 3.06. The van der Waals surface area contributed by atoms with Crippen molar-refractivity contribution in [2.45, 2.75) is 19.3 Å². The second kappa shape index (κ2) is 3.87. The standard InChI is InChI=1S/C6H11O2/c1-2-4-6-8-7-5-3-1/h3H,1-2,4-6H2. The molecule has 47 valence electrons. The van der Waals surface area contributed by atoms with Gasteiger partial charge in [0.1, 0.15) is 0 Å². The molecule has 0 N–H and O–H groups in total. The number of hydrogen-bond donors (Lipinski definition) is 0. The summed E-state index contributed by atoms with van der Waals surface area (Å²) in [5.74, 6) is 0. The maximum atomic E-state index is 4.74. The summed E-state index contributed by atoms with van der Waals surface area (Å²) < 4.78 is 0. The van der Waals surface area contributed by atoms with Gasteiger partial charge in [-0.3, -0.25) is 0 Å². The van der Waals surface area contributed by atoms with E-state index in [4.69, 9.17) is 9.78 Å². The van der Waals surface area contributed by atoms with Crippen molar-refractivity contribution in [2.24, 2.45) is 0 Å². The zero-order chi connectivity index (χ0) is 5.66. The first-order chi connectivity index (χ1) is 4.00. The molecule has 0 saturated carbocycles. The molecular weight excluding hydrogens is 104 g/mol. The Kier molecular flexibility index (Phi) is 2.92. The first-order valence-corrected chi connectivity index (χ1v) is 3.06. The lowest BCUT2D eigenvalue weighted by Gasteiger charge is -2.06. The third-order valence-corrected chi connectivity index (χ3v) is 1.16. The quantitative estimate of drug-likeness (QED) is 0.443. The zero-order valence-electron chi connectivity index (χ0n) is 4.93. The van der Waals surface area contributed by atoms with E-state index in [0.29, 0.717) is 6.61 Å². The average Bonchev–Trinajstić information content (AvgIpc) is 1.62.